The monoisotopic (exact) mass is 189 g/mol. The quantitative estimate of drug-likeness (QED) is 0.777. The van der Waals surface area contributed by atoms with E-state index in [0.717, 1.165) is 5.92 Å². The summed E-state index contributed by atoms with van der Waals surface area (Å²) in [5, 5.41) is 0. The second-order valence-electron chi connectivity index (χ2n) is 4.98. The molecule has 0 aromatic heterocycles. The number of rotatable bonds is 3. The number of benzene rings is 1. The van der Waals surface area contributed by atoms with Crippen LogP contribution in [0, 0.1) is 0 Å². The largest absolute Gasteiger partial charge is 0.330 e. The Bertz CT molecular complexity index is 307. The summed E-state index contributed by atoms with van der Waals surface area (Å²) in [6, 6.07) is 9.01. The molecule has 0 atom stereocenters. The lowest BCUT2D eigenvalue weighted by molar-refractivity contribution is 0.539. The molecule has 0 radical (unpaired) electrons. The van der Waals surface area contributed by atoms with Gasteiger partial charge in [-0.25, -0.2) is 0 Å². The zero-order valence-corrected chi connectivity index (χ0v) is 9.09. The molecule has 1 nitrogen and oxygen atoms in total. The first-order valence-electron chi connectivity index (χ1n) is 5.44. The molecule has 0 heterocycles. The van der Waals surface area contributed by atoms with E-state index in [1.165, 1.54) is 24.0 Å². The molecule has 1 heteroatoms. The molecule has 0 saturated heterocycles. The van der Waals surface area contributed by atoms with Gasteiger partial charge in [0.25, 0.3) is 0 Å². The summed E-state index contributed by atoms with van der Waals surface area (Å²) in [5.74, 6) is 0.852. The predicted octanol–water partition coefficient (Wildman–Crippen LogP) is 2.80. The summed E-state index contributed by atoms with van der Waals surface area (Å²) in [4.78, 5) is 0. The van der Waals surface area contributed by atoms with Crippen LogP contribution in [0.1, 0.15) is 43.7 Å². The lowest BCUT2D eigenvalue weighted by Crippen LogP contribution is -2.27. The highest BCUT2D eigenvalue weighted by atomic mass is 14.6. The fourth-order valence-corrected chi connectivity index (χ4v) is 1.74. The maximum Gasteiger partial charge on any atom is 0.00190 e. The van der Waals surface area contributed by atoms with Gasteiger partial charge in [-0.15, -0.1) is 0 Å². The van der Waals surface area contributed by atoms with Gasteiger partial charge in [0.05, 0.1) is 0 Å². The zero-order valence-electron chi connectivity index (χ0n) is 9.09. The third kappa shape index (κ3) is 1.83. The van der Waals surface area contributed by atoms with E-state index < -0.39 is 0 Å². The molecule has 0 amide bonds. The summed E-state index contributed by atoms with van der Waals surface area (Å²) >= 11 is 0. The fraction of sp³-hybridized carbons (Fsp3) is 0.538. The molecule has 0 aliphatic heterocycles. The van der Waals surface area contributed by atoms with Gasteiger partial charge in [0.2, 0.25) is 0 Å². The highest BCUT2D eigenvalue weighted by Gasteiger charge is 2.24. The van der Waals surface area contributed by atoms with Crippen LogP contribution in [-0.4, -0.2) is 6.54 Å². The molecular formula is C13H19N. The van der Waals surface area contributed by atoms with E-state index in [0.29, 0.717) is 6.54 Å². The van der Waals surface area contributed by atoms with Crippen LogP contribution in [0.2, 0.25) is 0 Å². The Morgan fingerprint density at radius 1 is 1.21 bits per heavy atom. The summed E-state index contributed by atoms with van der Waals surface area (Å²) in [7, 11) is 0. The first kappa shape index (κ1) is 9.72. The van der Waals surface area contributed by atoms with Crippen LogP contribution in [0.25, 0.3) is 0 Å². The van der Waals surface area contributed by atoms with Crippen molar-refractivity contribution in [2.45, 2.75) is 38.0 Å². The highest BCUT2D eigenvalue weighted by Crippen LogP contribution is 2.40. The molecule has 0 spiro atoms. The van der Waals surface area contributed by atoms with Gasteiger partial charge in [-0.05, 0) is 29.9 Å². The van der Waals surface area contributed by atoms with Gasteiger partial charge in [0, 0.05) is 12.0 Å². The van der Waals surface area contributed by atoms with Crippen LogP contribution in [0.15, 0.2) is 24.3 Å². The van der Waals surface area contributed by atoms with Crippen molar-refractivity contribution in [2.75, 3.05) is 6.54 Å². The molecule has 1 aromatic carbocycles. The maximum atomic E-state index is 5.75. The van der Waals surface area contributed by atoms with Gasteiger partial charge >= 0.3 is 0 Å². The standard InChI is InChI=1S/C13H19N/c1-13(2,9-14)12-7-5-11(6-8-12)10-3-4-10/h5-8,10H,3-4,9,14H2,1-2H3. The average molecular weight is 189 g/mol. The first-order chi connectivity index (χ1) is 6.63. The Morgan fingerprint density at radius 3 is 2.21 bits per heavy atom. The fourth-order valence-electron chi connectivity index (χ4n) is 1.74. The first-order valence-corrected chi connectivity index (χ1v) is 5.44. The van der Waals surface area contributed by atoms with Crippen LogP contribution >= 0.6 is 0 Å². The van der Waals surface area contributed by atoms with E-state index in [4.69, 9.17) is 5.73 Å². The molecule has 0 unspecified atom stereocenters. The molecule has 2 N–H and O–H groups in total. The smallest absolute Gasteiger partial charge is 0.00190 e. The SMILES string of the molecule is CC(C)(CN)c1ccc(C2CC2)cc1. The second kappa shape index (κ2) is 3.39. The predicted molar refractivity (Wildman–Crippen MR) is 60.5 cm³/mol. The molecule has 0 bridgehead atoms. The van der Waals surface area contributed by atoms with Gasteiger partial charge in [0.15, 0.2) is 0 Å². The highest BCUT2D eigenvalue weighted by molar-refractivity contribution is 5.31. The van der Waals surface area contributed by atoms with Gasteiger partial charge in [-0.2, -0.15) is 0 Å². The van der Waals surface area contributed by atoms with E-state index in [1.807, 2.05) is 0 Å². The molecule has 14 heavy (non-hydrogen) atoms. The Kier molecular flexibility index (Phi) is 2.36. The molecule has 1 aliphatic carbocycles. The van der Waals surface area contributed by atoms with Gasteiger partial charge in [0.1, 0.15) is 0 Å². The molecule has 1 aliphatic rings. The topological polar surface area (TPSA) is 26.0 Å². The van der Waals surface area contributed by atoms with Crippen LogP contribution in [-0.2, 0) is 5.41 Å². The third-order valence-electron chi connectivity index (χ3n) is 3.25. The van der Waals surface area contributed by atoms with Gasteiger partial charge in [-0.1, -0.05) is 38.1 Å². The van der Waals surface area contributed by atoms with Crippen molar-refractivity contribution in [3.05, 3.63) is 35.4 Å². The van der Waals surface area contributed by atoms with Crippen molar-refractivity contribution in [1.82, 2.24) is 0 Å². The van der Waals surface area contributed by atoms with Crippen LogP contribution in [0.4, 0.5) is 0 Å². The van der Waals surface area contributed by atoms with Crippen molar-refractivity contribution in [3.63, 3.8) is 0 Å². The second-order valence-corrected chi connectivity index (χ2v) is 4.98. The average Bonchev–Trinajstić information content (AvgIpc) is 3.01. The van der Waals surface area contributed by atoms with Crippen LogP contribution < -0.4 is 5.73 Å². The van der Waals surface area contributed by atoms with Crippen molar-refractivity contribution in [2.24, 2.45) is 5.73 Å². The van der Waals surface area contributed by atoms with Gasteiger partial charge in [-0.3, -0.25) is 0 Å². The third-order valence-corrected chi connectivity index (χ3v) is 3.25. The Morgan fingerprint density at radius 2 is 1.79 bits per heavy atom. The van der Waals surface area contributed by atoms with Crippen molar-refractivity contribution < 1.29 is 0 Å². The molecule has 76 valence electrons. The Labute approximate surface area is 86.3 Å². The Hall–Kier alpha value is -0.820. The number of hydrogen-bond acceptors (Lipinski definition) is 1. The Balaban J connectivity index is 2.20. The lowest BCUT2D eigenvalue weighted by Gasteiger charge is -2.23. The number of nitrogens with two attached hydrogens (primary N) is 1. The van der Waals surface area contributed by atoms with Crippen molar-refractivity contribution >= 4 is 0 Å². The van der Waals surface area contributed by atoms with Crippen molar-refractivity contribution in [1.29, 1.82) is 0 Å². The van der Waals surface area contributed by atoms with E-state index in [-0.39, 0.29) is 5.41 Å². The molecule has 1 aromatic rings. The summed E-state index contributed by atoms with van der Waals surface area (Å²) in [6.45, 7) is 5.09. The summed E-state index contributed by atoms with van der Waals surface area (Å²) in [6.07, 6.45) is 2.75. The summed E-state index contributed by atoms with van der Waals surface area (Å²) < 4.78 is 0. The van der Waals surface area contributed by atoms with Gasteiger partial charge < -0.3 is 5.73 Å². The van der Waals surface area contributed by atoms with E-state index in [9.17, 15) is 0 Å². The normalized spacial score (nSPS) is 17.1. The minimum Gasteiger partial charge on any atom is -0.330 e. The van der Waals surface area contributed by atoms with E-state index in [2.05, 4.69) is 38.1 Å². The molecule has 2 rings (SSSR count). The zero-order chi connectivity index (χ0) is 10.2. The van der Waals surface area contributed by atoms with Crippen LogP contribution in [0.5, 0.6) is 0 Å². The van der Waals surface area contributed by atoms with Crippen LogP contribution in [0.3, 0.4) is 0 Å². The molecule has 1 fully saturated rings. The van der Waals surface area contributed by atoms with E-state index in [1.54, 1.807) is 0 Å². The lowest BCUT2D eigenvalue weighted by atomic mass is 9.84. The molecule has 1 saturated carbocycles. The van der Waals surface area contributed by atoms with Crippen molar-refractivity contribution in [3.8, 4) is 0 Å². The summed E-state index contributed by atoms with van der Waals surface area (Å²) in [5.41, 5.74) is 8.71. The minimum absolute atomic E-state index is 0.113. The number of hydrogen-bond donors (Lipinski definition) is 1. The van der Waals surface area contributed by atoms with E-state index >= 15 is 0 Å². The minimum atomic E-state index is 0.113. The maximum absolute atomic E-state index is 5.75. The molecular weight excluding hydrogens is 170 g/mol.